The smallest absolute Gasteiger partial charge is 0.160 e. The highest BCUT2D eigenvalue weighted by molar-refractivity contribution is 8.00. The Morgan fingerprint density at radius 3 is 2.64 bits per heavy atom. The van der Waals surface area contributed by atoms with E-state index in [2.05, 4.69) is 6.07 Å². The molecule has 0 unspecified atom stereocenters. The predicted octanol–water partition coefficient (Wildman–Crippen LogP) is 3.53. The van der Waals surface area contributed by atoms with E-state index in [-0.39, 0.29) is 5.78 Å². The predicted molar refractivity (Wildman–Crippen MR) is 59.9 cm³/mol. The van der Waals surface area contributed by atoms with Gasteiger partial charge in [-0.2, -0.15) is 0 Å². The number of hydrogen-bond acceptors (Lipinski definition) is 2. The fourth-order valence-electron chi connectivity index (χ4n) is 1.53. The maximum absolute atomic E-state index is 11.3. The molecule has 2 heteroatoms. The van der Waals surface area contributed by atoms with Gasteiger partial charge in [0, 0.05) is 15.7 Å². The third-order valence-corrected chi connectivity index (χ3v) is 4.03. The Balaban J connectivity index is 2.17. The van der Waals surface area contributed by atoms with E-state index in [1.54, 1.807) is 6.92 Å². The molecule has 1 nitrogen and oxygen atoms in total. The van der Waals surface area contributed by atoms with E-state index >= 15 is 0 Å². The van der Waals surface area contributed by atoms with Gasteiger partial charge in [-0.25, -0.2) is 0 Å². The van der Waals surface area contributed by atoms with Gasteiger partial charge in [-0.15, -0.1) is 11.8 Å². The van der Waals surface area contributed by atoms with Crippen molar-refractivity contribution in [2.75, 3.05) is 0 Å². The molecule has 0 aromatic heterocycles. The van der Waals surface area contributed by atoms with Crippen LogP contribution in [0, 0.1) is 0 Å². The lowest BCUT2D eigenvalue weighted by molar-refractivity contribution is 0.101. The number of hydrogen-bond donors (Lipinski definition) is 0. The standard InChI is InChI=1S/C12H14OS/c1-9(13)11-7-2-3-8-12(11)14-10-5-4-6-10/h2-3,7-8,10H,4-6H2,1H3. The lowest BCUT2D eigenvalue weighted by Crippen LogP contribution is -2.13. The molecule has 0 aliphatic heterocycles. The minimum absolute atomic E-state index is 0.174. The molecule has 1 saturated carbocycles. The van der Waals surface area contributed by atoms with Crippen molar-refractivity contribution >= 4 is 17.5 Å². The zero-order valence-electron chi connectivity index (χ0n) is 8.32. The second kappa shape index (κ2) is 4.18. The number of benzene rings is 1. The van der Waals surface area contributed by atoms with Crippen LogP contribution in [-0.4, -0.2) is 11.0 Å². The summed E-state index contributed by atoms with van der Waals surface area (Å²) in [6, 6.07) is 7.91. The van der Waals surface area contributed by atoms with E-state index < -0.39 is 0 Å². The molecule has 1 aliphatic rings. The van der Waals surface area contributed by atoms with Crippen LogP contribution in [0.5, 0.6) is 0 Å². The van der Waals surface area contributed by atoms with Gasteiger partial charge in [0.25, 0.3) is 0 Å². The van der Waals surface area contributed by atoms with Crippen LogP contribution in [0.2, 0.25) is 0 Å². The van der Waals surface area contributed by atoms with Crippen LogP contribution in [0.1, 0.15) is 36.5 Å². The molecule has 14 heavy (non-hydrogen) atoms. The highest BCUT2D eigenvalue weighted by Crippen LogP contribution is 2.37. The number of Topliss-reactive ketones (excluding diaryl/α,β-unsaturated/α-hetero) is 1. The number of carbonyl (C=O) groups excluding carboxylic acids is 1. The molecule has 0 atom stereocenters. The summed E-state index contributed by atoms with van der Waals surface area (Å²) in [6.45, 7) is 1.64. The number of thioether (sulfide) groups is 1. The summed E-state index contributed by atoms with van der Waals surface area (Å²) < 4.78 is 0. The van der Waals surface area contributed by atoms with Crippen LogP contribution >= 0.6 is 11.8 Å². The van der Waals surface area contributed by atoms with E-state index in [9.17, 15) is 4.79 Å². The molecule has 1 aromatic carbocycles. The molecule has 0 spiro atoms. The SMILES string of the molecule is CC(=O)c1ccccc1SC1CCC1. The van der Waals surface area contributed by atoms with Crippen LogP contribution in [0.3, 0.4) is 0 Å². The Morgan fingerprint density at radius 1 is 1.36 bits per heavy atom. The molecule has 1 aromatic rings. The van der Waals surface area contributed by atoms with Crippen LogP contribution in [0.15, 0.2) is 29.2 Å². The third kappa shape index (κ3) is 2.01. The number of carbonyl (C=O) groups is 1. The molecule has 1 fully saturated rings. The zero-order chi connectivity index (χ0) is 9.97. The number of rotatable bonds is 3. The first-order chi connectivity index (χ1) is 6.77. The molecule has 0 bridgehead atoms. The summed E-state index contributed by atoms with van der Waals surface area (Å²) in [4.78, 5) is 12.5. The van der Waals surface area contributed by atoms with Gasteiger partial charge in [0.1, 0.15) is 0 Å². The topological polar surface area (TPSA) is 17.1 Å². The highest BCUT2D eigenvalue weighted by atomic mass is 32.2. The summed E-state index contributed by atoms with van der Waals surface area (Å²) in [5, 5.41) is 0.746. The van der Waals surface area contributed by atoms with Crippen molar-refractivity contribution in [2.45, 2.75) is 36.3 Å². The lowest BCUT2D eigenvalue weighted by atomic mass is 10.00. The van der Waals surface area contributed by atoms with Gasteiger partial charge in [-0.1, -0.05) is 24.6 Å². The second-order valence-electron chi connectivity index (χ2n) is 3.72. The molecular weight excluding hydrogens is 192 g/mol. The molecule has 0 radical (unpaired) electrons. The van der Waals surface area contributed by atoms with Crippen LogP contribution in [0.25, 0.3) is 0 Å². The van der Waals surface area contributed by atoms with Crippen molar-refractivity contribution in [3.05, 3.63) is 29.8 Å². The van der Waals surface area contributed by atoms with Crippen molar-refractivity contribution < 1.29 is 4.79 Å². The van der Waals surface area contributed by atoms with Gasteiger partial charge < -0.3 is 0 Å². The average Bonchev–Trinajstić information content (AvgIpc) is 2.12. The quantitative estimate of drug-likeness (QED) is 0.704. The molecule has 0 amide bonds. The minimum Gasteiger partial charge on any atom is -0.294 e. The summed E-state index contributed by atoms with van der Waals surface area (Å²) in [6.07, 6.45) is 3.95. The zero-order valence-corrected chi connectivity index (χ0v) is 9.14. The average molecular weight is 206 g/mol. The van der Waals surface area contributed by atoms with E-state index in [1.165, 1.54) is 19.3 Å². The number of ketones is 1. The lowest BCUT2D eigenvalue weighted by Gasteiger charge is -2.25. The van der Waals surface area contributed by atoms with Gasteiger partial charge in [0.05, 0.1) is 0 Å². The van der Waals surface area contributed by atoms with Gasteiger partial charge in [0.2, 0.25) is 0 Å². The Morgan fingerprint density at radius 2 is 2.07 bits per heavy atom. The van der Waals surface area contributed by atoms with Crippen molar-refractivity contribution in [1.29, 1.82) is 0 Å². The second-order valence-corrected chi connectivity index (χ2v) is 5.07. The molecule has 74 valence electrons. The fourth-order valence-corrected chi connectivity index (χ4v) is 2.95. The van der Waals surface area contributed by atoms with Gasteiger partial charge in [-0.3, -0.25) is 4.79 Å². The first kappa shape index (κ1) is 9.78. The maximum atomic E-state index is 11.3. The van der Waals surface area contributed by atoms with Crippen molar-refractivity contribution in [1.82, 2.24) is 0 Å². The fraction of sp³-hybridized carbons (Fsp3) is 0.417. The van der Waals surface area contributed by atoms with Crippen molar-refractivity contribution in [3.8, 4) is 0 Å². The van der Waals surface area contributed by atoms with Crippen LogP contribution in [0.4, 0.5) is 0 Å². The Bertz CT molecular complexity index is 342. The van der Waals surface area contributed by atoms with Crippen LogP contribution < -0.4 is 0 Å². The van der Waals surface area contributed by atoms with E-state index in [4.69, 9.17) is 0 Å². The maximum Gasteiger partial charge on any atom is 0.160 e. The molecule has 2 rings (SSSR count). The van der Waals surface area contributed by atoms with Crippen molar-refractivity contribution in [3.63, 3.8) is 0 Å². The monoisotopic (exact) mass is 206 g/mol. The first-order valence-corrected chi connectivity index (χ1v) is 5.92. The normalized spacial score (nSPS) is 16.4. The highest BCUT2D eigenvalue weighted by Gasteiger charge is 2.20. The minimum atomic E-state index is 0.174. The van der Waals surface area contributed by atoms with Crippen LogP contribution in [-0.2, 0) is 0 Å². The summed E-state index contributed by atoms with van der Waals surface area (Å²) in [5.41, 5.74) is 0.879. The molecule has 1 aliphatic carbocycles. The van der Waals surface area contributed by atoms with Gasteiger partial charge in [0.15, 0.2) is 5.78 Å². The Hall–Kier alpha value is -0.760. The summed E-state index contributed by atoms with van der Waals surface area (Å²) in [7, 11) is 0. The summed E-state index contributed by atoms with van der Waals surface area (Å²) >= 11 is 1.86. The molecule has 0 N–H and O–H groups in total. The van der Waals surface area contributed by atoms with Crippen molar-refractivity contribution in [2.24, 2.45) is 0 Å². The Labute approximate surface area is 88.9 Å². The molecule has 0 heterocycles. The summed E-state index contributed by atoms with van der Waals surface area (Å²) in [5.74, 6) is 0.174. The van der Waals surface area contributed by atoms with E-state index in [1.807, 2.05) is 30.0 Å². The van der Waals surface area contributed by atoms with E-state index in [0.29, 0.717) is 0 Å². The molecular formula is C12H14OS. The molecule has 0 saturated heterocycles. The van der Waals surface area contributed by atoms with E-state index in [0.717, 1.165) is 15.7 Å². The third-order valence-electron chi connectivity index (χ3n) is 2.61. The first-order valence-electron chi connectivity index (χ1n) is 5.04. The largest absolute Gasteiger partial charge is 0.294 e. The Kier molecular flexibility index (Phi) is 2.92. The van der Waals surface area contributed by atoms with Gasteiger partial charge in [-0.05, 0) is 25.8 Å². The van der Waals surface area contributed by atoms with Gasteiger partial charge >= 0.3 is 0 Å².